The van der Waals surface area contributed by atoms with E-state index in [9.17, 15) is 9.59 Å². The number of carboxylic acid groups (broad SMARTS) is 1. The average Bonchev–Trinajstić information content (AvgIpc) is 2.41. The van der Waals surface area contributed by atoms with Gasteiger partial charge in [-0.3, -0.25) is 9.59 Å². The molecule has 1 aromatic carbocycles. The number of halogens is 1. The van der Waals surface area contributed by atoms with Crippen molar-refractivity contribution >= 4 is 29.0 Å². The summed E-state index contributed by atoms with van der Waals surface area (Å²) >= 11 is 5.60. The van der Waals surface area contributed by atoms with Gasteiger partial charge in [0.1, 0.15) is 6.02 Å². The minimum absolute atomic E-state index is 0.446. The molecular weight excluding hydrogens is 232 g/mol. The van der Waals surface area contributed by atoms with E-state index in [0.717, 1.165) is 0 Å². The second kappa shape index (κ2) is 4.96. The Morgan fingerprint density at radius 2 is 2.31 bits per heavy atom. The molecule has 5 N–H and O–H groups in total. The van der Waals surface area contributed by atoms with Crippen LogP contribution in [0, 0.1) is 0 Å². The van der Waals surface area contributed by atoms with E-state index in [-0.39, 0.29) is 0 Å². The molecule has 0 aliphatic rings. The molecule has 2 atom stereocenters. The Bertz CT molecular complexity index is 609. The fourth-order valence-electron chi connectivity index (χ4n) is 0.866. The van der Waals surface area contributed by atoms with Crippen molar-refractivity contribution in [3.8, 4) is 0 Å². The molecule has 5 nitrogen and oxygen atoms in total. The minimum atomic E-state index is -2.96. The predicted molar refractivity (Wildman–Crippen MR) is 60.4 cm³/mol. The molecule has 0 bridgehead atoms. The highest BCUT2D eigenvalue weighted by molar-refractivity contribution is 6.31. The molecule has 0 spiro atoms. The smallest absolute Gasteiger partial charge is 0.320 e. The number of hydrogen-bond acceptors (Lipinski definition) is 4. The molecule has 1 rings (SSSR count). The zero-order valence-electron chi connectivity index (χ0n) is 12.9. The molecule has 0 heterocycles. The van der Waals surface area contributed by atoms with Crippen LogP contribution >= 0.6 is 11.6 Å². The van der Waals surface area contributed by atoms with Gasteiger partial charge in [-0.05, 0) is 18.1 Å². The van der Waals surface area contributed by atoms with Crippen LogP contribution in [-0.4, -0.2) is 22.9 Å². The van der Waals surface area contributed by atoms with Crippen molar-refractivity contribution in [2.45, 2.75) is 12.4 Å². The lowest BCUT2D eigenvalue weighted by Crippen LogP contribution is -2.32. The SMILES string of the molecule is [2H]c1c([2H])c(C(=O)[C@@H]([2H])[C@]([2H])(N)C(=O)O)c(N)c([2H])c1Cl. The number of benzene rings is 1. The lowest BCUT2D eigenvalue weighted by Gasteiger charge is -2.07. The van der Waals surface area contributed by atoms with Gasteiger partial charge in [-0.1, -0.05) is 11.6 Å². The number of ketones is 1. The lowest BCUT2D eigenvalue weighted by molar-refractivity contribution is -0.138. The van der Waals surface area contributed by atoms with Gasteiger partial charge in [0.15, 0.2) is 5.78 Å². The number of anilines is 1. The predicted octanol–water partition coefficient (Wildman–Crippen LogP) is 0.907. The molecule has 0 amide bonds. The Morgan fingerprint density at radius 1 is 1.69 bits per heavy atom. The maximum absolute atomic E-state index is 12.1. The van der Waals surface area contributed by atoms with E-state index in [4.69, 9.17) is 35.0 Å². The van der Waals surface area contributed by atoms with Crippen LogP contribution in [0.2, 0.25) is 5.02 Å². The van der Waals surface area contributed by atoms with E-state index in [1.54, 1.807) is 0 Å². The summed E-state index contributed by atoms with van der Waals surface area (Å²) in [7, 11) is 0. The molecule has 0 unspecified atom stereocenters. The summed E-state index contributed by atoms with van der Waals surface area (Å²) < 4.78 is 37.4. The quantitative estimate of drug-likeness (QED) is 0.542. The zero-order valence-corrected chi connectivity index (χ0v) is 8.63. The second-order valence-electron chi connectivity index (χ2n) is 2.75. The Morgan fingerprint density at radius 3 is 2.88 bits per heavy atom. The third kappa shape index (κ3) is 2.95. The first-order valence-electron chi connectivity index (χ1n) is 6.55. The van der Waals surface area contributed by atoms with Crippen molar-refractivity contribution in [3.05, 3.63) is 28.7 Å². The summed E-state index contributed by atoms with van der Waals surface area (Å²) in [5.41, 5.74) is 9.29. The van der Waals surface area contributed by atoms with Crippen molar-refractivity contribution in [2.75, 3.05) is 5.73 Å². The summed E-state index contributed by atoms with van der Waals surface area (Å²) in [5.74, 6) is -3.25. The zero-order chi connectivity index (χ0) is 16.7. The first kappa shape index (κ1) is 6.88. The fraction of sp³-hybridized carbons (Fsp3) is 0.200. The Hall–Kier alpha value is -1.59. The number of Topliss-reactive ketones (excluding diaryl/α,β-unsaturated/α-hetero) is 1. The number of aliphatic carboxylic acids is 1. The first-order chi connectivity index (χ1) is 9.44. The van der Waals surface area contributed by atoms with Gasteiger partial charge in [0.25, 0.3) is 0 Å². The normalized spacial score (nSPS) is 20.5. The number of carboxylic acids is 1. The van der Waals surface area contributed by atoms with Gasteiger partial charge in [0.05, 0.1) is 5.48 Å². The van der Waals surface area contributed by atoms with Crippen LogP contribution < -0.4 is 11.5 Å². The molecule has 0 aliphatic heterocycles. The van der Waals surface area contributed by atoms with Gasteiger partial charge >= 0.3 is 5.97 Å². The van der Waals surface area contributed by atoms with E-state index in [2.05, 4.69) is 0 Å². The Kier molecular flexibility index (Phi) is 2.13. The molecule has 1 aromatic rings. The van der Waals surface area contributed by atoms with E-state index < -0.39 is 58.6 Å². The Balaban J connectivity index is 3.49. The number of nitrogen functional groups attached to an aromatic ring is 1. The number of carbonyl (C=O) groups is 2. The molecule has 6 heteroatoms. The monoisotopic (exact) mass is 247 g/mol. The summed E-state index contributed by atoms with van der Waals surface area (Å²) in [6, 6.07) is -4.96. The molecule has 86 valence electrons. The van der Waals surface area contributed by atoms with Crippen LogP contribution in [0.25, 0.3) is 0 Å². The van der Waals surface area contributed by atoms with Crippen molar-refractivity contribution in [1.29, 1.82) is 0 Å². The second-order valence-corrected chi connectivity index (χ2v) is 3.12. The standard InChI is InChI=1S/C10H11ClN2O3/c11-5-1-2-6(7(12)3-5)9(14)4-8(13)10(15)16/h1-3,8H,4,12-13H2,(H,15,16)/t8-/m0/s1/i1D,2D,3D,4D,8D/t4-,8-. The third-order valence-electron chi connectivity index (χ3n) is 1.59. The average molecular weight is 248 g/mol. The van der Waals surface area contributed by atoms with Crippen molar-refractivity contribution < 1.29 is 21.5 Å². The van der Waals surface area contributed by atoms with Crippen LogP contribution in [-0.2, 0) is 4.79 Å². The molecule has 16 heavy (non-hydrogen) atoms. The molecule has 0 aliphatic carbocycles. The van der Waals surface area contributed by atoms with Crippen LogP contribution in [0.5, 0.6) is 0 Å². The summed E-state index contributed by atoms with van der Waals surface area (Å²) in [6.07, 6.45) is -2.29. The van der Waals surface area contributed by atoms with Gasteiger partial charge < -0.3 is 16.6 Å². The van der Waals surface area contributed by atoms with E-state index in [1.165, 1.54) is 0 Å². The minimum Gasteiger partial charge on any atom is -0.480 e. The van der Waals surface area contributed by atoms with Crippen molar-refractivity contribution in [3.63, 3.8) is 0 Å². The van der Waals surface area contributed by atoms with Gasteiger partial charge in [0.2, 0.25) is 0 Å². The highest BCUT2D eigenvalue weighted by Crippen LogP contribution is 2.19. The van der Waals surface area contributed by atoms with Crippen LogP contribution in [0.15, 0.2) is 18.1 Å². The van der Waals surface area contributed by atoms with Gasteiger partial charge in [-0.15, -0.1) is 0 Å². The molecular formula is C10H11ClN2O3. The number of nitrogens with two attached hydrogens (primary N) is 2. The molecule has 0 saturated heterocycles. The van der Waals surface area contributed by atoms with Crippen molar-refractivity contribution in [1.82, 2.24) is 0 Å². The molecule has 0 radical (unpaired) electrons. The van der Waals surface area contributed by atoms with Gasteiger partial charge in [-0.25, -0.2) is 0 Å². The topological polar surface area (TPSA) is 106 Å². The van der Waals surface area contributed by atoms with Crippen LogP contribution in [0.4, 0.5) is 5.69 Å². The molecule has 0 aromatic heterocycles. The van der Waals surface area contributed by atoms with Gasteiger partial charge in [0, 0.05) is 24.0 Å². The summed E-state index contributed by atoms with van der Waals surface area (Å²) in [6.45, 7) is 0. The Labute approximate surface area is 104 Å². The van der Waals surface area contributed by atoms with Gasteiger partial charge in [-0.2, -0.15) is 0 Å². The lowest BCUT2D eigenvalue weighted by atomic mass is 10.0. The van der Waals surface area contributed by atoms with Crippen LogP contribution in [0.1, 0.15) is 23.6 Å². The number of carbonyl (C=O) groups excluding carboxylic acids is 1. The van der Waals surface area contributed by atoms with E-state index in [0.29, 0.717) is 0 Å². The maximum Gasteiger partial charge on any atom is 0.320 e. The fourth-order valence-corrected chi connectivity index (χ4v) is 1.02. The van der Waals surface area contributed by atoms with Crippen LogP contribution in [0.3, 0.4) is 0 Å². The summed E-state index contributed by atoms with van der Waals surface area (Å²) in [5, 5.41) is 8.30. The van der Waals surface area contributed by atoms with E-state index >= 15 is 0 Å². The number of rotatable bonds is 4. The highest BCUT2D eigenvalue weighted by Gasteiger charge is 2.18. The molecule has 0 saturated carbocycles. The summed E-state index contributed by atoms with van der Waals surface area (Å²) in [4.78, 5) is 22.9. The van der Waals surface area contributed by atoms with E-state index in [1.807, 2.05) is 0 Å². The molecule has 0 fully saturated rings. The first-order valence-corrected chi connectivity index (χ1v) is 4.35. The largest absolute Gasteiger partial charge is 0.480 e. The number of hydrogen-bond donors (Lipinski definition) is 3. The third-order valence-corrected chi connectivity index (χ3v) is 1.78. The van der Waals surface area contributed by atoms with Crippen molar-refractivity contribution in [2.24, 2.45) is 5.73 Å². The highest BCUT2D eigenvalue weighted by atomic mass is 35.5. The maximum atomic E-state index is 12.1.